The first kappa shape index (κ1) is 11.5. The van der Waals surface area contributed by atoms with Gasteiger partial charge in [-0.3, -0.25) is 0 Å². The van der Waals surface area contributed by atoms with Gasteiger partial charge in [0.05, 0.1) is 0 Å². The molecule has 1 unspecified atom stereocenters. The van der Waals surface area contributed by atoms with Gasteiger partial charge in [-0.25, -0.2) is 0 Å². The largest absolute Gasteiger partial charge is 0.368 e. The maximum absolute atomic E-state index is 5.68. The van der Waals surface area contributed by atoms with E-state index in [9.17, 15) is 0 Å². The van der Waals surface area contributed by atoms with Gasteiger partial charge in [-0.2, -0.15) is 0 Å². The van der Waals surface area contributed by atoms with Crippen molar-refractivity contribution in [2.75, 3.05) is 18.0 Å². The van der Waals surface area contributed by atoms with E-state index in [4.69, 9.17) is 5.73 Å². The first-order valence-electron chi connectivity index (χ1n) is 6.25. The lowest BCUT2D eigenvalue weighted by molar-refractivity contribution is 0.618. The molecule has 1 aliphatic heterocycles. The predicted octanol–water partition coefficient (Wildman–Crippen LogP) is 2.62. The number of rotatable bonds is 3. The van der Waals surface area contributed by atoms with Crippen molar-refractivity contribution in [3.63, 3.8) is 0 Å². The number of hydrogen-bond donors (Lipinski definition) is 1. The summed E-state index contributed by atoms with van der Waals surface area (Å²) in [6.07, 6.45) is 3.72. The summed E-state index contributed by atoms with van der Waals surface area (Å²) in [5.74, 6) is 0. The topological polar surface area (TPSA) is 29.3 Å². The highest BCUT2D eigenvalue weighted by atomic mass is 15.2. The molecule has 0 aromatic heterocycles. The highest BCUT2D eigenvalue weighted by molar-refractivity contribution is 5.52. The Bertz CT molecular complexity index is 340. The van der Waals surface area contributed by atoms with Crippen molar-refractivity contribution in [3.8, 4) is 0 Å². The molecule has 1 fully saturated rings. The normalized spacial score (nSPS) is 20.4. The summed E-state index contributed by atoms with van der Waals surface area (Å²) >= 11 is 0. The summed E-state index contributed by atoms with van der Waals surface area (Å²) in [5, 5.41) is 0. The van der Waals surface area contributed by atoms with Crippen LogP contribution in [0.15, 0.2) is 18.2 Å². The monoisotopic (exact) mass is 218 g/mol. The predicted molar refractivity (Wildman–Crippen MR) is 70.0 cm³/mol. The molecule has 2 heteroatoms. The molecule has 0 bridgehead atoms. The molecule has 1 saturated heterocycles. The molecule has 88 valence electrons. The van der Waals surface area contributed by atoms with Crippen LogP contribution in [0.4, 0.5) is 5.69 Å². The number of nitrogens with two attached hydrogens (primary N) is 1. The second-order valence-electron chi connectivity index (χ2n) is 4.91. The van der Waals surface area contributed by atoms with Crippen molar-refractivity contribution in [1.82, 2.24) is 0 Å². The van der Waals surface area contributed by atoms with Crippen molar-refractivity contribution < 1.29 is 0 Å². The Labute approximate surface area is 98.4 Å². The highest BCUT2D eigenvalue weighted by Gasteiger charge is 2.23. The Morgan fingerprint density at radius 3 is 2.56 bits per heavy atom. The van der Waals surface area contributed by atoms with Crippen molar-refractivity contribution in [2.45, 2.75) is 39.2 Å². The van der Waals surface area contributed by atoms with E-state index in [-0.39, 0.29) is 0 Å². The van der Waals surface area contributed by atoms with Crippen LogP contribution >= 0.6 is 0 Å². The van der Waals surface area contributed by atoms with Crippen LogP contribution in [0.1, 0.15) is 30.4 Å². The van der Waals surface area contributed by atoms with Gasteiger partial charge in [0.15, 0.2) is 0 Å². The van der Waals surface area contributed by atoms with Crippen LogP contribution in [0.2, 0.25) is 0 Å². The van der Waals surface area contributed by atoms with Crippen LogP contribution in [0.25, 0.3) is 0 Å². The number of nitrogens with zero attached hydrogens (tertiary/aromatic N) is 1. The van der Waals surface area contributed by atoms with E-state index < -0.39 is 0 Å². The molecule has 1 aromatic rings. The summed E-state index contributed by atoms with van der Waals surface area (Å²) < 4.78 is 0. The van der Waals surface area contributed by atoms with Crippen molar-refractivity contribution in [1.29, 1.82) is 0 Å². The summed E-state index contributed by atoms with van der Waals surface area (Å²) in [6.45, 7) is 6.33. The van der Waals surface area contributed by atoms with Gasteiger partial charge in [0.2, 0.25) is 0 Å². The number of benzene rings is 1. The molecule has 0 spiro atoms. The lowest BCUT2D eigenvalue weighted by Crippen LogP contribution is -2.31. The molecular formula is C14H22N2. The lowest BCUT2D eigenvalue weighted by Gasteiger charge is -2.27. The maximum Gasteiger partial charge on any atom is 0.0374 e. The molecular weight excluding hydrogens is 196 g/mol. The molecule has 16 heavy (non-hydrogen) atoms. The molecule has 0 saturated carbocycles. The summed E-state index contributed by atoms with van der Waals surface area (Å²) in [5.41, 5.74) is 9.77. The lowest BCUT2D eigenvalue weighted by atomic mass is 10.1. The molecule has 1 aromatic carbocycles. The summed E-state index contributed by atoms with van der Waals surface area (Å²) in [7, 11) is 0. The zero-order chi connectivity index (χ0) is 11.5. The van der Waals surface area contributed by atoms with Gasteiger partial charge < -0.3 is 10.6 Å². The molecule has 2 rings (SSSR count). The van der Waals surface area contributed by atoms with Crippen LogP contribution in [0.3, 0.4) is 0 Å². The first-order valence-corrected chi connectivity index (χ1v) is 6.25. The van der Waals surface area contributed by atoms with Crippen molar-refractivity contribution in [2.24, 2.45) is 5.73 Å². The minimum atomic E-state index is 0.659. The minimum Gasteiger partial charge on any atom is -0.368 e. The Hall–Kier alpha value is -1.02. The minimum absolute atomic E-state index is 0.659. The molecule has 0 aliphatic carbocycles. The zero-order valence-electron chi connectivity index (χ0n) is 10.4. The fourth-order valence-electron chi connectivity index (χ4n) is 2.78. The fourth-order valence-corrected chi connectivity index (χ4v) is 2.78. The zero-order valence-corrected chi connectivity index (χ0v) is 10.4. The molecule has 0 amide bonds. The van der Waals surface area contributed by atoms with Gasteiger partial charge in [-0.1, -0.05) is 6.07 Å². The van der Waals surface area contributed by atoms with Crippen molar-refractivity contribution >= 4 is 5.69 Å². The Balaban J connectivity index is 2.21. The quantitative estimate of drug-likeness (QED) is 0.845. The number of anilines is 1. The molecule has 1 atom stereocenters. The smallest absolute Gasteiger partial charge is 0.0374 e. The van der Waals surface area contributed by atoms with E-state index in [2.05, 4.69) is 36.9 Å². The Kier molecular flexibility index (Phi) is 3.49. The maximum atomic E-state index is 5.68. The average molecular weight is 218 g/mol. The van der Waals surface area contributed by atoms with Crippen LogP contribution in [-0.4, -0.2) is 19.1 Å². The Morgan fingerprint density at radius 1 is 1.25 bits per heavy atom. The second kappa shape index (κ2) is 4.88. The third kappa shape index (κ3) is 2.38. The average Bonchev–Trinajstić information content (AvgIpc) is 2.65. The van der Waals surface area contributed by atoms with Gasteiger partial charge >= 0.3 is 0 Å². The third-order valence-corrected chi connectivity index (χ3v) is 3.42. The van der Waals surface area contributed by atoms with Crippen LogP contribution < -0.4 is 10.6 Å². The SMILES string of the molecule is Cc1cc(C)cc(N2CCCC2CCN)c1. The van der Waals surface area contributed by atoms with E-state index in [1.54, 1.807) is 0 Å². The van der Waals surface area contributed by atoms with E-state index in [0.717, 1.165) is 13.0 Å². The second-order valence-corrected chi connectivity index (χ2v) is 4.91. The van der Waals surface area contributed by atoms with Gasteiger partial charge in [0, 0.05) is 18.3 Å². The third-order valence-electron chi connectivity index (χ3n) is 3.42. The van der Waals surface area contributed by atoms with Gasteiger partial charge in [0.25, 0.3) is 0 Å². The van der Waals surface area contributed by atoms with Gasteiger partial charge in [-0.05, 0) is 62.9 Å². The van der Waals surface area contributed by atoms with E-state index in [1.807, 2.05) is 0 Å². The van der Waals surface area contributed by atoms with E-state index in [0.29, 0.717) is 6.04 Å². The Morgan fingerprint density at radius 2 is 1.94 bits per heavy atom. The van der Waals surface area contributed by atoms with Gasteiger partial charge in [-0.15, -0.1) is 0 Å². The fraction of sp³-hybridized carbons (Fsp3) is 0.571. The molecule has 2 nitrogen and oxygen atoms in total. The van der Waals surface area contributed by atoms with Crippen LogP contribution in [-0.2, 0) is 0 Å². The molecule has 1 heterocycles. The van der Waals surface area contributed by atoms with Crippen LogP contribution in [0, 0.1) is 13.8 Å². The molecule has 2 N–H and O–H groups in total. The standard InChI is InChI=1S/C14H22N2/c1-11-8-12(2)10-14(9-11)16-7-3-4-13(16)5-6-15/h8-10,13H,3-7,15H2,1-2H3. The van der Waals surface area contributed by atoms with Gasteiger partial charge in [0.1, 0.15) is 0 Å². The molecule has 1 aliphatic rings. The van der Waals surface area contributed by atoms with Crippen LogP contribution in [0.5, 0.6) is 0 Å². The first-order chi connectivity index (χ1) is 7.70. The number of hydrogen-bond acceptors (Lipinski definition) is 2. The summed E-state index contributed by atoms with van der Waals surface area (Å²) in [4.78, 5) is 2.53. The summed E-state index contributed by atoms with van der Waals surface area (Å²) in [6, 6.07) is 7.48. The number of aryl methyl sites for hydroxylation is 2. The van der Waals surface area contributed by atoms with Crippen molar-refractivity contribution in [3.05, 3.63) is 29.3 Å². The van der Waals surface area contributed by atoms with E-state index in [1.165, 1.54) is 36.2 Å². The molecule has 0 radical (unpaired) electrons. The van der Waals surface area contributed by atoms with E-state index >= 15 is 0 Å². The highest BCUT2D eigenvalue weighted by Crippen LogP contribution is 2.28.